The molecule has 4 rings (SSSR count). The highest BCUT2D eigenvalue weighted by Gasteiger charge is 2.40. The molecule has 0 unspecified atom stereocenters. The summed E-state index contributed by atoms with van der Waals surface area (Å²) in [4.78, 5) is 0. The maximum absolute atomic E-state index is 11.4. The Labute approximate surface area is 194 Å². The summed E-state index contributed by atoms with van der Waals surface area (Å²) in [6.45, 7) is 17.9. The molecule has 1 N–H and O–H groups in total. The zero-order chi connectivity index (χ0) is 23.5. The summed E-state index contributed by atoms with van der Waals surface area (Å²) in [5.41, 5.74) is 9.79. The van der Waals surface area contributed by atoms with Crippen molar-refractivity contribution in [2.24, 2.45) is 0 Å². The number of aromatic hydroxyl groups is 1. The molecule has 0 heterocycles. The van der Waals surface area contributed by atoms with Gasteiger partial charge in [-0.25, -0.2) is 0 Å². The van der Waals surface area contributed by atoms with Crippen LogP contribution in [0.15, 0.2) is 54.6 Å². The van der Waals surface area contributed by atoms with E-state index in [0.717, 1.165) is 29.5 Å². The van der Waals surface area contributed by atoms with Gasteiger partial charge in [-0.1, -0.05) is 97.9 Å². The van der Waals surface area contributed by atoms with E-state index in [0.29, 0.717) is 5.75 Å². The molecule has 0 saturated carbocycles. The monoisotopic (exact) mass is 426 g/mol. The van der Waals surface area contributed by atoms with Crippen LogP contribution < -0.4 is 0 Å². The van der Waals surface area contributed by atoms with Gasteiger partial charge in [-0.05, 0) is 69.2 Å². The molecule has 0 fully saturated rings. The third-order valence-electron chi connectivity index (χ3n) is 7.57. The molecule has 1 nitrogen and oxygen atoms in total. The Morgan fingerprint density at radius 3 is 1.91 bits per heavy atom. The average molecular weight is 427 g/mol. The molecule has 0 bridgehead atoms. The lowest BCUT2D eigenvalue weighted by Gasteiger charge is -2.30. The van der Waals surface area contributed by atoms with Crippen molar-refractivity contribution < 1.29 is 5.11 Å². The van der Waals surface area contributed by atoms with Gasteiger partial charge < -0.3 is 5.11 Å². The van der Waals surface area contributed by atoms with Crippen LogP contribution in [0, 0.1) is 0 Å². The van der Waals surface area contributed by atoms with Crippen LogP contribution in [-0.4, -0.2) is 5.11 Å². The normalized spacial score (nSPS) is 14.9. The van der Waals surface area contributed by atoms with E-state index in [1.807, 2.05) is 0 Å². The van der Waals surface area contributed by atoms with E-state index in [2.05, 4.69) is 110 Å². The van der Waals surface area contributed by atoms with Crippen molar-refractivity contribution in [2.75, 3.05) is 0 Å². The lowest BCUT2D eigenvalue weighted by atomic mass is 9.73. The van der Waals surface area contributed by atoms with Crippen molar-refractivity contribution in [3.05, 3.63) is 76.9 Å². The Hall–Kier alpha value is -2.54. The van der Waals surface area contributed by atoms with E-state index >= 15 is 0 Å². The van der Waals surface area contributed by atoms with E-state index < -0.39 is 0 Å². The minimum atomic E-state index is -0.135. The zero-order valence-corrected chi connectivity index (χ0v) is 21.1. The molecule has 0 amide bonds. The predicted octanol–water partition coefficient (Wildman–Crippen LogP) is 8.74. The number of phenolic OH excluding ortho intramolecular Hbond substituents is 1. The van der Waals surface area contributed by atoms with Crippen molar-refractivity contribution in [3.8, 4) is 28.0 Å². The third kappa shape index (κ3) is 3.38. The molecule has 1 aliphatic carbocycles. The molecular weight excluding hydrogens is 388 g/mol. The second kappa shape index (κ2) is 7.51. The first-order valence-electron chi connectivity index (χ1n) is 12.1. The second-order valence-corrected chi connectivity index (χ2v) is 11.5. The summed E-state index contributed by atoms with van der Waals surface area (Å²) in [7, 11) is 0. The molecule has 1 heteroatoms. The fourth-order valence-corrected chi connectivity index (χ4v) is 5.49. The van der Waals surface area contributed by atoms with Crippen LogP contribution in [0.5, 0.6) is 5.75 Å². The lowest BCUT2D eigenvalue weighted by molar-refractivity contribution is 0.446. The van der Waals surface area contributed by atoms with Crippen molar-refractivity contribution >= 4 is 0 Å². The number of rotatable bonds is 3. The maximum atomic E-state index is 11.4. The van der Waals surface area contributed by atoms with Gasteiger partial charge in [-0.3, -0.25) is 0 Å². The van der Waals surface area contributed by atoms with Crippen LogP contribution in [0.1, 0.15) is 90.5 Å². The third-order valence-corrected chi connectivity index (χ3v) is 7.57. The van der Waals surface area contributed by atoms with Gasteiger partial charge in [0, 0.05) is 16.5 Å². The van der Waals surface area contributed by atoms with Crippen LogP contribution in [-0.2, 0) is 16.2 Å². The fourth-order valence-electron chi connectivity index (χ4n) is 5.49. The van der Waals surface area contributed by atoms with Gasteiger partial charge >= 0.3 is 0 Å². The molecule has 168 valence electrons. The van der Waals surface area contributed by atoms with Crippen molar-refractivity contribution in [1.29, 1.82) is 0 Å². The van der Waals surface area contributed by atoms with Crippen LogP contribution in [0.2, 0.25) is 0 Å². The number of phenols is 1. The van der Waals surface area contributed by atoms with Crippen LogP contribution in [0.3, 0.4) is 0 Å². The summed E-state index contributed by atoms with van der Waals surface area (Å²) < 4.78 is 0. The van der Waals surface area contributed by atoms with Gasteiger partial charge in [0.15, 0.2) is 0 Å². The van der Waals surface area contributed by atoms with Crippen LogP contribution in [0.25, 0.3) is 22.3 Å². The van der Waals surface area contributed by atoms with Gasteiger partial charge in [0.2, 0.25) is 0 Å². The first-order valence-corrected chi connectivity index (χ1v) is 12.1. The lowest BCUT2D eigenvalue weighted by Crippen LogP contribution is -2.23. The largest absolute Gasteiger partial charge is 0.507 e. The molecule has 0 radical (unpaired) electrons. The smallest absolute Gasteiger partial charge is 0.127 e. The minimum Gasteiger partial charge on any atom is -0.507 e. The summed E-state index contributed by atoms with van der Waals surface area (Å²) in [6, 6.07) is 20.1. The quantitative estimate of drug-likeness (QED) is 0.444. The molecular formula is C31H38O. The van der Waals surface area contributed by atoms with E-state index in [1.54, 1.807) is 0 Å². The van der Waals surface area contributed by atoms with Gasteiger partial charge in [0.25, 0.3) is 0 Å². The number of benzene rings is 3. The van der Waals surface area contributed by atoms with Crippen molar-refractivity contribution in [3.63, 3.8) is 0 Å². The Morgan fingerprint density at radius 2 is 1.31 bits per heavy atom. The number of hydrogen-bond donors (Lipinski definition) is 1. The highest BCUT2D eigenvalue weighted by molar-refractivity contribution is 5.85. The summed E-state index contributed by atoms with van der Waals surface area (Å²) >= 11 is 0. The molecule has 0 atom stereocenters. The van der Waals surface area contributed by atoms with Gasteiger partial charge in [0.1, 0.15) is 5.75 Å². The molecule has 3 aromatic carbocycles. The number of fused-ring (bicyclic) bond motifs is 3. The standard InChI is InChI=1S/C31H38O/c1-9-31(10-2)25-14-12-11-13-22(25)23-16-15-20(17-26(23)31)24-18-21(29(3,4)5)19-27(28(24)32)30(6,7)8/h11-19,32H,9-10H2,1-8H3. The van der Waals surface area contributed by atoms with E-state index in [4.69, 9.17) is 0 Å². The zero-order valence-electron chi connectivity index (χ0n) is 21.1. The SMILES string of the molecule is CCC1(CC)c2ccccc2-c2ccc(-c3cc(C(C)(C)C)cc(C(C)(C)C)c3O)cc21. The van der Waals surface area contributed by atoms with E-state index in [9.17, 15) is 5.11 Å². The summed E-state index contributed by atoms with van der Waals surface area (Å²) in [5, 5.41) is 11.4. The molecule has 3 aromatic rings. The second-order valence-electron chi connectivity index (χ2n) is 11.5. The van der Waals surface area contributed by atoms with Crippen molar-refractivity contribution in [1.82, 2.24) is 0 Å². The summed E-state index contributed by atoms with van der Waals surface area (Å²) in [5.74, 6) is 0.416. The Balaban J connectivity index is 1.99. The molecule has 0 saturated heterocycles. The number of hydrogen-bond acceptors (Lipinski definition) is 1. The molecule has 1 aliphatic rings. The molecule has 0 aromatic heterocycles. The molecule has 32 heavy (non-hydrogen) atoms. The topological polar surface area (TPSA) is 20.2 Å². The fraction of sp³-hybridized carbons (Fsp3) is 0.419. The van der Waals surface area contributed by atoms with Crippen LogP contribution in [0.4, 0.5) is 0 Å². The molecule has 0 aliphatic heterocycles. The predicted molar refractivity (Wildman–Crippen MR) is 138 cm³/mol. The van der Waals surface area contributed by atoms with E-state index in [-0.39, 0.29) is 16.2 Å². The Bertz CT molecular complexity index is 1160. The highest BCUT2D eigenvalue weighted by atomic mass is 16.3. The first-order chi connectivity index (χ1) is 14.9. The Kier molecular flexibility index (Phi) is 5.31. The maximum Gasteiger partial charge on any atom is 0.127 e. The first kappa shape index (κ1) is 22.6. The van der Waals surface area contributed by atoms with Gasteiger partial charge in [-0.15, -0.1) is 0 Å². The average Bonchev–Trinajstić information content (AvgIpc) is 3.01. The molecule has 0 spiro atoms. The summed E-state index contributed by atoms with van der Waals surface area (Å²) in [6.07, 6.45) is 2.14. The minimum absolute atomic E-state index is 0.00596. The highest BCUT2D eigenvalue weighted by Crippen LogP contribution is 2.54. The van der Waals surface area contributed by atoms with Crippen LogP contribution >= 0.6 is 0 Å². The van der Waals surface area contributed by atoms with E-state index in [1.165, 1.54) is 27.8 Å². The van der Waals surface area contributed by atoms with Crippen molar-refractivity contribution in [2.45, 2.75) is 84.5 Å². The van der Waals surface area contributed by atoms with Gasteiger partial charge in [0.05, 0.1) is 0 Å². The Morgan fingerprint density at radius 1 is 0.688 bits per heavy atom. The van der Waals surface area contributed by atoms with Gasteiger partial charge in [-0.2, -0.15) is 0 Å².